The lowest BCUT2D eigenvalue weighted by molar-refractivity contribution is -0.384. The molecule has 1 unspecified atom stereocenters. The van der Waals surface area contributed by atoms with Gasteiger partial charge in [0.05, 0.1) is 4.92 Å². The third-order valence-electron chi connectivity index (χ3n) is 2.47. The number of carboxylic acids is 1. The van der Waals surface area contributed by atoms with E-state index in [9.17, 15) is 14.9 Å². The van der Waals surface area contributed by atoms with Gasteiger partial charge in [-0.2, -0.15) is 0 Å². The summed E-state index contributed by atoms with van der Waals surface area (Å²) in [5.41, 5.74) is 0.435. The number of nitro benzene ring substituents is 1. The van der Waals surface area contributed by atoms with Crippen LogP contribution in [0.5, 0.6) is 0 Å². The van der Waals surface area contributed by atoms with Crippen LogP contribution in [0.25, 0.3) is 0 Å². The maximum absolute atomic E-state index is 10.8. The van der Waals surface area contributed by atoms with Crippen molar-refractivity contribution in [1.29, 1.82) is 0 Å². The fourth-order valence-corrected chi connectivity index (χ4v) is 1.64. The van der Waals surface area contributed by atoms with E-state index in [4.69, 9.17) is 16.7 Å². The van der Waals surface area contributed by atoms with Crippen molar-refractivity contribution < 1.29 is 14.8 Å². The molecule has 0 spiro atoms. The maximum atomic E-state index is 10.8. The van der Waals surface area contributed by atoms with Crippen LogP contribution in [0.4, 0.5) is 5.69 Å². The summed E-state index contributed by atoms with van der Waals surface area (Å²) in [7, 11) is 0. The van der Waals surface area contributed by atoms with Gasteiger partial charge < -0.3 is 10.4 Å². The highest BCUT2D eigenvalue weighted by molar-refractivity contribution is 6.32. The zero-order chi connectivity index (χ0) is 13.7. The Hall–Kier alpha value is -1.66. The zero-order valence-electron chi connectivity index (χ0n) is 9.72. The lowest BCUT2D eigenvalue weighted by atomic mass is 10.1. The topological polar surface area (TPSA) is 92.5 Å². The molecular weight excluding hydrogens is 260 g/mol. The Labute approximate surface area is 109 Å². The zero-order valence-corrected chi connectivity index (χ0v) is 10.5. The predicted molar refractivity (Wildman–Crippen MR) is 66.7 cm³/mol. The first kappa shape index (κ1) is 14.4. The quantitative estimate of drug-likeness (QED) is 0.612. The van der Waals surface area contributed by atoms with E-state index < -0.39 is 16.9 Å². The Morgan fingerprint density at radius 1 is 1.61 bits per heavy atom. The van der Waals surface area contributed by atoms with Crippen LogP contribution in [0.1, 0.15) is 18.9 Å². The van der Waals surface area contributed by atoms with Crippen molar-refractivity contribution in [1.82, 2.24) is 5.32 Å². The molecule has 0 heterocycles. The first-order chi connectivity index (χ1) is 8.45. The van der Waals surface area contributed by atoms with E-state index >= 15 is 0 Å². The van der Waals surface area contributed by atoms with Gasteiger partial charge in [0.2, 0.25) is 0 Å². The highest BCUT2D eigenvalue weighted by Crippen LogP contribution is 2.24. The smallest absolute Gasteiger partial charge is 0.320 e. The SMILES string of the molecule is CCC(NCc1ccc(Cl)c([N+](=O)[O-])c1)C(=O)O. The molecule has 0 amide bonds. The van der Waals surface area contributed by atoms with Gasteiger partial charge in [0, 0.05) is 12.6 Å². The summed E-state index contributed by atoms with van der Waals surface area (Å²) in [6, 6.07) is 3.72. The molecule has 1 aromatic rings. The first-order valence-electron chi connectivity index (χ1n) is 5.34. The van der Waals surface area contributed by atoms with E-state index in [1.54, 1.807) is 13.0 Å². The molecule has 7 heteroatoms. The van der Waals surface area contributed by atoms with Crippen molar-refractivity contribution in [3.63, 3.8) is 0 Å². The minimum Gasteiger partial charge on any atom is -0.480 e. The van der Waals surface area contributed by atoms with Gasteiger partial charge in [0.25, 0.3) is 5.69 Å². The lowest BCUT2D eigenvalue weighted by Crippen LogP contribution is -2.35. The number of hydrogen-bond donors (Lipinski definition) is 2. The lowest BCUT2D eigenvalue weighted by Gasteiger charge is -2.12. The van der Waals surface area contributed by atoms with Crippen LogP contribution in [-0.4, -0.2) is 22.0 Å². The predicted octanol–water partition coefficient (Wildman–Crippen LogP) is 2.20. The fourth-order valence-electron chi connectivity index (χ4n) is 1.46. The van der Waals surface area contributed by atoms with Gasteiger partial charge in [-0.15, -0.1) is 0 Å². The number of benzene rings is 1. The van der Waals surface area contributed by atoms with E-state index in [-0.39, 0.29) is 17.3 Å². The highest BCUT2D eigenvalue weighted by Gasteiger charge is 2.16. The van der Waals surface area contributed by atoms with E-state index in [2.05, 4.69) is 5.32 Å². The van der Waals surface area contributed by atoms with Crippen LogP contribution in [-0.2, 0) is 11.3 Å². The summed E-state index contributed by atoms with van der Waals surface area (Å²) >= 11 is 5.68. The van der Waals surface area contributed by atoms with Crippen LogP contribution >= 0.6 is 11.6 Å². The van der Waals surface area contributed by atoms with Crippen LogP contribution in [0.2, 0.25) is 5.02 Å². The molecule has 1 rings (SSSR count). The van der Waals surface area contributed by atoms with Crippen LogP contribution in [0.15, 0.2) is 18.2 Å². The fraction of sp³-hybridized carbons (Fsp3) is 0.364. The standard InChI is InChI=1S/C11H13ClN2O4/c1-2-9(11(15)16)13-6-7-3-4-8(12)10(5-7)14(17)18/h3-5,9,13H,2,6H2,1H3,(H,15,16). The van der Waals surface area contributed by atoms with Gasteiger partial charge in [-0.25, -0.2) is 0 Å². The largest absolute Gasteiger partial charge is 0.480 e. The van der Waals surface area contributed by atoms with Crippen LogP contribution in [0, 0.1) is 10.1 Å². The van der Waals surface area contributed by atoms with E-state index in [0.717, 1.165) is 0 Å². The molecule has 0 radical (unpaired) electrons. The molecule has 0 aromatic heterocycles. The molecule has 98 valence electrons. The van der Waals surface area contributed by atoms with Gasteiger partial charge in [-0.05, 0) is 18.1 Å². The van der Waals surface area contributed by atoms with E-state index in [0.29, 0.717) is 12.0 Å². The number of nitro groups is 1. The number of carbonyl (C=O) groups is 1. The van der Waals surface area contributed by atoms with Crippen molar-refractivity contribution in [3.8, 4) is 0 Å². The van der Waals surface area contributed by atoms with Crippen LogP contribution < -0.4 is 5.32 Å². The Balaban J connectivity index is 2.77. The van der Waals surface area contributed by atoms with Gasteiger partial charge in [0.15, 0.2) is 0 Å². The Morgan fingerprint density at radius 2 is 2.28 bits per heavy atom. The second kappa shape index (κ2) is 6.32. The minimum atomic E-state index is -0.944. The van der Waals surface area contributed by atoms with Gasteiger partial charge in [-0.3, -0.25) is 14.9 Å². The number of hydrogen-bond acceptors (Lipinski definition) is 4. The average Bonchev–Trinajstić information content (AvgIpc) is 2.31. The van der Waals surface area contributed by atoms with Gasteiger partial charge >= 0.3 is 5.97 Å². The van der Waals surface area contributed by atoms with Crippen LogP contribution in [0.3, 0.4) is 0 Å². The minimum absolute atomic E-state index is 0.0639. The summed E-state index contributed by atoms with van der Waals surface area (Å²) < 4.78 is 0. The third-order valence-corrected chi connectivity index (χ3v) is 2.79. The van der Waals surface area contributed by atoms with Gasteiger partial charge in [0.1, 0.15) is 11.1 Å². The second-order valence-corrected chi connectivity index (χ2v) is 4.13. The molecule has 18 heavy (non-hydrogen) atoms. The molecule has 0 saturated carbocycles. The van der Waals surface area contributed by atoms with Crippen molar-refractivity contribution in [3.05, 3.63) is 38.9 Å². The Kier molecular flexibility index (Phi) is 5.06. The molecule has 1 aromatic carbocycles. The summed E-state index contributed by atoms with van der Waals surface area (Å²) in [6.07, 6.45) is 0.436. The van der Waals surface area contributed by atoms with Gasteiger partial charge in [-0.1, -0.05) is 24.6 Å². The van der Waals surface area contributed by atoms with Crippen molar-refractivity contribution in [2.24, 2.45) is 0 Å². The molecule has 0 saturated heterocycles. The number of halogens is 1. The number of carboxylic acid groups (broad SMARTS) is 1. The molecule has 1 atom stereocenters. The Morgan fingerprint density at radius 3 is 2.78 bits per heavy atom. The van der Waals surface area contributed by atoms with E-state index in [1.807, 2.05) is 0 Å². The molecule has 2 N–H and O–H groups in total. The summed E-state index contributed by atoms with van der Waals surface area (Å²) in [6.45, 7) is 1.99. The summed E-state index contributed by atoms with van der Waals surface area (Å²) in [5.74, 6) is -0.944. The highest BCUT2D eigenvalue weighted by atomic mass is 35.5. The monoisotopic (exact) mass is 272 g/mol. The number of nitrogens with one attached hydrogen (secondary N) is 1. The van der Waals surface area contributed by atoms with Crippen molar-refractivity contribution >= 4 is 23.3 Å². The second-order valence-electron chi connectivity index (χ2n) is 3.72. The molecule has 0 fully saturated rings. The molecule has 0 aliphatic carbocycles. The van der Waals surface area contributed by atoms with E-state index in [1.165, 1.54) is 12.1 Å². The molecule has 0 bridgehead atoms. The average molecular weight is 273 g/mol. The molecule has 6 nitrogen and oxygen atoms in total. The third kappa shape index (κ3) is 3.68. The summed E-state index contributed by atoms with van der Waals surface area (Å²) in [5, 5.41) is 22.4. The number of rotatable bonds is 6. The maximum Gasteiger partial charge on any atom is 0.320 e. The number of nitrogens with zero attached hydrogens (tertiary/aromatic N) is 1. The Bertz CT molecular complexity index is 464. The number of aliphatic carboxylic acids is 1. The normalized spacial score (nSPS) is 12.1. The van der Waals surface area contributed by atoms with Crippen molar-refractivity contribution in [2.45, 2.75) is 25.9 Å². The molecule has 0 aliphatic rings. The summed E-state index contributed by atoms with van der Waals surface area (Å²) in [4.78, 5) is 20.9. The molecular formula is C11H13ClN2O4. The van der Waals surface area contributed by atoms with Crippen molar-refractivity contribution in [2.75, 3.05) is 0 Å². The first-order valence-corrected chi connectivity index (χ1v) is 5.72. The molecule has 0 aliphatic heterocycles.